The van der Waals surface area contributed by atoms with Crippen molar-refractivity contribution in [2.24, 2.45) is 0 Å². The van der Waals surface area contributed by atoms with E-state index in [1.165, 1.54) is 11.1 Å². The van der Waals surface area contributed by atoms with Crippen molar-refractivity contribution in [2.45, 2.75) is 26.0 Å². The van der Waals surface area contributed by atoms with E-state index in [0.29, 0.717) is 10.9 Å². The highest BCUT2D eigenvalue weighted by Crippen LogP contribution is 2.14. The fourth-order valence-corrected chi connectivity index (χ4v) is 2.89. The molecule has 1 unspecified atom stereocenters. The normalized spacial score (nSPS) is 11.8. The van der Waals surface area contributed by atoms with Crippen LogP contribution in [0.1, 0.15) is 13.3 Å². The smallest absolute Gasteiger partial charge is 0.308 e. The number of hydrogen-bond acceptors (Lipinski definition) is 5. The van der Waals surface area contributed by atoms with Crippen molar-refractivity contribution < 1.29 is 14.3 Å². The Bertz CT molecular complexity index is 1050. The quantitative estimate of drug-likeness (QED) is 0.614. The summed E-state index contributed by atoms with van der Waals surface area (Å²) in [6.07, 6.45) is 0.359. The fraction of sp³-hybridized carbons (Fsp3) is 0.238. The Kier molecular flexibility index (Phi) is 5.84. The van der Waals surface area contributed by atoms with Crippen LogP contribution in [-0.2, 0) is 20.9 Å². The summed E-state index contributed by atoms with van der Waals surface area (Å²) in [5.41, 5.74) is 1.20. The van der Waals surface area contributed by atoms with Gasteiger partial charge in [0.15, 0.2) is 6.10 Å². The molecule has 7 heteroatoms. The number of aromatic nitrogens is 2. The summed E-state index contributed by atoms with van der Waals surface area (Å²) in [6, 6.07) is 16.2. The van der Waals surface area contributed by atoms with Crippen LogP contribution >= 0.6 is 0 Å². The van der Waals surface area contributed by atoms with Crippen LogP contribution in [-0.4, -0.2) is 34.8 Å². The number of hydrogen-bond donors (Lipinski definition) is 0. The first-order valence-electron chi connectivity index (χ1n) is 8.94. The van der Waals surface area contributed by atoms with Crippen molar-refractivity contribution in [1.82, 2.24) is 9.78 Å². The molecule has 1 heterocycles. The van der Waals surface area contributed by atoms with Crippen LogP contribution < -0.4 is 10.3 Å². The molecule has 3 rings (SSSR count). The van der Waals surface area contributed by atoms with E-state index in [4.69, 9.17) is 4.74 Å². The molecular formula is C21H21N3O4. The molecule has 7 nitrogen and oxygen atoms in total. The molecule has 0 saturated heterocycles. The maximum Gasteiger partial charge on any atom is 0.308 e. The molecule has 0 N–H and O–H groups in total. The van der Waals surface area contributed by atoms with Gasteiger partial charge in [0.25, 0.3) is 5.91 Å². The minimum Gasteiger partial charge on any atom is -0.452 e. The third kappa shape index (κ3) is 4.25. The number of aryl methyl sites for hydroxylation is 1. The molecule has 0 spiro atoms. The van der Waals surface area contributed by atoms with Gasteiger partial charge in [-0.2, -0.15) is 5.10 Å². The molecule has 1 amide bonds. The van der Waals surface area contributed by atoms with Crippen molar-refractivity contribution in [3.63, 3.8) is 0 Å². The highest BCUT2D eigenvalue weighted by atomic mass is 16.5. The number of para-hydroxylation sites is 2. The maximum atomic E-state index is 12.5. The van der Waals surface area contributed by atoms with Crippen LogP contribution in [0.25, 0.3) is 10.9 Å². The second kappa shape index (κ2) is 8.47. The number of amides is 1. The van der Waals surface area contributed by atoms with Gasteiger partial charge in [-0.25, -0.2) is 0 Å². The van der Waals surface area contributed by atoms with Gasteiger partial charge in [0.05, 0.1) is 24.7 Å². The van der Waals surface area contributed by atoms with E-state index < -0.39 is 12.1 Å². The molecule has 0 aliphatic carbocycles. The minimum atomic E-state index is -0.906. The number of nitrogens with zero attached hydrogens (tertiary/aromatic N) is 3. The van der Waals surface area contributed by atoms with Gasteiger partial charge in [-0.3, -0.25) is 19.1 Å². The van der Waals surface area contributed by atoms with Crippen molar-refractivity contribution in [3.05, 3.63) is 71.0 Å². The molecule has 0 fully saturated rings. The predicted octanol–water partition coefficient (Wildman–Crippen LogP) is 2.38. The molecular weight excluding hydrogens is 358 g/mol. The van der Waals surface area contributed by atoms with Crippen molar-refractivity contribution in [1.29, 1.82) is 0 Å². The van der Waals surface area contributed by atoms with Gasteiger partial charge in [-0.05, 0) is 31.2 Å². The number of likely N-dealkylation sites (N-methyl/N-ethyl adjacent to an activating group) is 1. The van der Waals surface area contributed by atoms with Gasteiger partial charge in [0.1, 0.15) is 0 Å². The predicted molar refractivity (Wildman–Crippen MR) is 106 cm³/mol. The molecule has 2 aromatic carbocycles. The Morgan fingerprint density at radius 3 is 2.54 bits per heavy atom. The zero-order valence-electron chi connectivity index (χ0n) is 15.7. The number of ether oxygens (including phenoxy) is 1. The molecule has 3 aromatic rings. The van der Waals surface area contributed by atoms with E-state index in [9.17, 15) is 14.4 Å². The Morgan fingerprint density at radius 1 is 1.11 bits per heavy atom. The first-order chi connectivity index (χ1) is 13.5. The summed E-state index contributed by atoms with van der Waals surface area (Å²) in [7, 11) is 1.64. The highest BCUT2D eigenvalue weighted by Gasteiger charge is 2.22. The van der Waals surface area contributed by atoms with Crippen molar-refractivity contribution >= 4 is 28.5 Å². The standard InChI is InChI=1S/C21H21N3O4/c1-15(21(27)23(2)16-8-4-3-5-9-16)28-20(26)12-13-24-18-11-7-6-10-17(18)19(25)14-22-24/h3-11,14-15H,12-13H2,1-2H3. The lowest BCUT2D eigenvalue weighted by Gasteiger charge is -2.21. The van der Waals surface area contributed by atoms with Crippen LogP contribution in [0.2, 0.25) is 0 Å². The first-order valence-corrected chi connectivity index (χ1v) is 8.94. The summed E-state index contributed by atoms with van der Waals surface area (Å²) < 4.78 is 6.86. The van der Waals surface area contributed by atoms with E-state index in [1.54, 1.807) is 55.1 Å². The minimum absolute atomic E-state index is 0.0343. The Morgan fingerprint density at radius 2 is 1.79 bits per heavy atom. The van der Waals surface area contributed by atoms with Crippen molar-refractivity contribution in [2.75, 3.05) is 11.9 Å². The van der Waals surface area contributed by atoms with Gasteiger partial charge in [0, 0.05) is 18.1 Å². The maximum absolute atomic E-state index is 12.5. The first kappa shape index (κ1) is 19.3. The van der Waals surface area contributed by atoms with Crippen LogP contribution in [0, 0.1) is 0 Å². The molecule has 0 radical (unpaired) electrons. The third-order valence-corrected chi connectivity index (χ3v) is 4.42. The van der Waals surface area contributed by atoms with E-state index >= 15 is 0 Å². The average Bonchev–Trinajstić information content (AvgIpc) is 2.73. The average molecular weight is 379 g/mol. The van der Waals surface area contributed by atoms with Crippen LogP contribution in [0.4, 0.5) is 5.69 Å². The number of esters is 1. The lowest BCUT2D eigenvalue weighted by atomic mass is 10.2. The zero-order chi connectivity index (χ0) is 20.1. The summed E-state index contributed by atoms with van der Waals surface area (Å²) in [5.74, 6) is -0.821. The Hall–Kier alpha value is -3.48. The van der Waals surface area contributed by atoms with Gasteiger partial charge < -0.3 is 9.64 Å². The van der Waals surface area contributed by atoms with E-state index in [-0.39, 0.29) is 24.3 Å². The van der Waals surface area contributed by atoms with Crippen LogP contribution in [0.3, 0.4) is 0 Å². The SMILES string of the molecule is CC(OC(=O)CCn1ncc(=O)c2ccccc21)C(=O)N(C)c1ccccc1. The number of carbonyl (C=O) groups excluding carboxylic acids is 2. The molecule has 144 valence electrons. The molecule has 1 aromatic heterocycles. The number of carbonyl (C=O) groups is 2. The van der Waals surface area contributed by atoms with Crippen LogP contribution in [0.5, 0.6) is 0 Å². The largest absolute Gasteiger partial charge is 0.452 e. The molecule has 28 heavy (non-hydrogen) atoms. The Labute approximate surface area is 162 Å². The van der Waals surface area contributed by atoms with Crippen LogP contribution in [0.15, 0.2) is 65.6 Å². The Balaban J connectivity index is 1.61. The molecule has 1 atom stereocenters. The lowest BCUT2D eigenvalue weighted by molar-refractivity contribution is -0.154. The van der Waals surface area contributed by atoms with Crippen molar-refractivity contribution in [3.8, 4) is 0 Å². The lowest BCUT2D eigenvalue weighted by Crippen LogP contribution is -2.37. The summed E-state index contributed by atoms with van der Waals surface area (Å²) >= 11 is 0. The summed E-state index contributed by atoms with van der Waals surface area (Å²) in [4.78, 5) is 38.0. The van der Waals surface area contributed by atoms with E-state index in [2.05, 4.69) is 5.10 Å². The summed E-state index contributed by atoms with van der Waals surface area (Å²) in [5, 5.41) is 4.62. The topological polar surface area (TPSA) is 81.5 Å². The fourth-order valence-electron chi connectivity index (χ4n) is 2.89. The molecule has 0 aliphatic heterocycles. The highest BCUT2D eigenvalue weighted by molar-refractivity contribution is 5.96. The molecule has 0 saturated carbocycles. The number of anilines is 1. The monoisotopic (exact) mass is 379 g/mol. The second-order valence-corrected chi connectivity index (χ2v) is 6.36. The summed E-state index contributed by atoms with van der Waals surface area (Å²) in [6.45, 7) is 1.79. The second-order valence-electron chi connectivity index (χ2n) is 6.36. The van der Waals surface area contributed by atoms with E-state index in [1.807, 2.05) is 18.2 Å². The van der Waals surface area contributed by atoms with Gasteiger partial charge in [0.2, 0.25) is 5.43 Å². The van der Waals surface area contributed by atoms with Gasteiger partial charge >= 0.3 is 5.97 Å². The number of rotatable bonds is 6. The number of fused-ring (bicyclic) bond motifs is 1. The zero-order valence-corrected chi connectivity index (χ0v) is 15.7. The van der Waals surface area contributed by atoms with Gasteiger partial charge in [-0.15, -0.1) is 0 Å². The number of benzene rings is 2. The van der Waals surface area contributed by atoms with E-state index in [0.717, 1.165) is 5.69 Å². The third-order valence-electron chi connectivity index (χ3n) is 4.42. The van der Waals surface area contributed by atoms with Gasteiger partial charge in [-0.1, -0.05) is 30.3 Å². The molecule has 0 bridgehead atoms. The molecule has 0 aliphatic rings.